The van der Waals surface area contributed by atoms with Gasteiger partial charge in [0.25, 0.3) is 5.91 Å². The van der Waals surface area contributed by atoms with E-state index < -0.39 is 0 Å². The Kier molecular flexibility index (Phi) is 4.36. The second kappa shape index (κ2) is 6.80. The number of benzene rings is 1. The summed E-state index contributed by atoms with van der Waals surface area (Å²) in [5.41, 5.74) is 0.913. The largest absolute Gasteiger partial charge is 0.468 e. The molecule has 0 bridgehead atoms. The van der Waals surface area contributed by atoms with Crippen LogP contribution in [0.3, 0.4) is 0 Å². The van der Waals surface area contributed by atoms with Crippen molar-refractivity contribution >= 4 is 28.6 Å². The zero-order valence-electron chi connectivity index (χ0n) is 13.6. The SMILES string of the molecule is O=C(c1cc(=O)[nH]c2ccccc12)N1CCSC(c2ccco2)CC1. The van der Waals surface area contributed by atoms with Gasteiger partial charge in [0, 0.05) is 35.8 Å². The Bertz CT molecular complexity index is 949. The summed E-state index contributed by atoms with van der Waals surface area (Å²) in [6, 6.07) is 12.7. The van der Waals surface area contributed by atoms with Crippen LogP contribution >= 0.6 is 11.8 Å². The number of carbonyl (C=O) groups is 1. The monoisotopic (exact) mass is 354 g/mol. The molecule has 2 aromatic heterocycles. The normalized spacial score (nSPS) is 18.2. The van der Waals surface area contributed by atoms with Gasteiger partial charge in [-0.25, -0.2) is 0 Å². The van der Waals surface area contributed by atoms with Gasteiger partial charge in [0.05, 0.1) is 17.1 Å². The van der Waals surface area contributed by atoms with Crippen LogP contribution in [0.15, 0.2) is 57.9 Å². The van der Waals surface area contributed by atoms with Crippen LogP contribution in [0.5, 0.6) is 0 Å². The van der Waals surface area contributed by atoms with Crippen LogP contribution in [0.25, 0.3) is 10.9 Å². The van der Waals surface area contributed by atoms with Crippen molar-refractivity contribution in [3.05, 3.63) is 70.4 Å². The molecule has 6 heteroatoms. The predicted molar refractivity (Wildman–Crippen MR) is 99.0 cm³/mol. The molecule has 1 amide bonds. The van der Waals surface area contributed by atoms with Gasteiger partial charge in [-0.15, -0.1) is 11.8 Å². The van der Waals surface area contributed by atoms with Gasteiger partial charge in [0.15, 0.2) is 0 Å². The van der Waals surface area contributed by atoms with Gasteiger partial charge in [-0.2, -0.15) is 0 Å². The Morgan fingerprint density at radius 1 is 1.20 bits per heavy atom. The van der Waals surface area contributed by atoms with Gasteiger partial charge in [0.2, 0.25) is 5.56 Å². The summed E-state index contributed by atoms with van der Waals surface area (Å²) < 4.78 is 5.51. The Labute approximate surface area is 149 Å². The van der Waals surface area contributed by atoms with E-state index >= 15 is 0 Å². The number of fused-ring (bicyclic) bond motifs is 1. The molecule has 25 heavy (non-hydrogen) atoms. The fourth-order valence-corrected chi connectivity index (χ4v) is 4.41. The van der Waals surface area contributed by atoms with E-state index in [2.05, 4.69) is 4.98 Å². The maximum absolute atomic E-state index is 13.1. The van der Waals surface area contributed by atoms with Crippen molar-refractivity contribution in [2.45, 2.75) is 11.7 Å². The number of thioether (sulfide) groups is 1. The van der Waals surface area contributed by atoms with E-state index in [1.165, 1.54) is 6.07 Å². The topological polar surface area (TPSA) is 66.3 Å². The molecule has 1 aromatic carbocycles. The molecule has 1 saturated heterocycles. The number of pyridine rings is 1. The summed E-state index contributed by atoms with van der Waals surface area (Å²) in [6.07, 6.45) is 2.52. The number of aromatic amines is 1. The summed E-state index contributed by atoms with van der Waals surface area (Å²) in [6.45, 7) is 1.32. The number of hydrogen-bond acceptors (Lipinski definition) is 4. The Balaban J connectivity index is 1.60. The van der Waals surface area contributed by atoms with Gasteiger partial charge in [-0.05, 0) is 24.6 Å². The second-order valence-electron chi connectivity index (χ2n) is 6.05. The standard InChI is InChI=1S/C19H18N2O3S/c22-18-12-14(13-4-1-2-5-15(13)20-18)19(23)21-8-7-17(25-11-9-21)16-6-3-10-24-16/h1-6,10,12,17H,7-9,11H2,(H,20,22). The molecular weight excluding hydrogens is 336 g/mol. The number of nitrogens with zero attached hydrogens (tertiary/aromatic N) is 1. The van der Waals surface area contributed by atoms with Gasteiger partial charge < -0.3 is 14.3 Å². The number of furan rings is 1. The first-order chi connectivity index (χ1) is 12.2. The molecule has 1 aliphatic heterocycles. The number of amides is 1. The van der Waals surface area contributed by atoms with E-state index in [4.69, 9.17) is 4.42 Å². The zero-order chi connectivity index (χ0) is 17.2. The quantitative estimate of drug-likeness (QED) is 0.765. The summed E-state index contributed by atoms with van der Waals surface area (Å²) >= 11 is 1.81. The molecule has 3 heterocycles. The minimum absolute atomic E-state index is 0.0806. The highest BCUT2D eigenvalue weighted by Crippen LogP contribution is 2.34. The predicted octanol–water partition coefficient (Wildman–Crippen LogP) is 3.44. The van der Waals surface area contributed by atoms with Crippen molar-refractivity contribution in [3.8, 4) is 0 Å². The maximum atomic E-state index is 13.1. The highest BCUT2D eigenvalue weighted by atomic mass is 32.2. The van der Waals surface area contributed by atoms with E-state index in [1.54, 1.807) is 6.26 Å². The Morgan fingerprint density at radius 3 is 2.92 bits per heavy atom. The molecule has 1 unspecified atom stereocenters. The molecule has 3 aromatic rings. The average Bonchev–Trinajstić information content (AvgIpc) is 3.05. The average molecular weight is 354 g/mol. The summed E-state index contributed by atoms with van der Waals surface area (Å²) in [5.74, 6) is 1.72. The lowest BCUT2D eigenvalue weighted by Gasteiger charge is -2.21. The summed E-state index contributed by atoms with van der Waals surface area (Å²) in [4.78, 5) is 29.6. The molecule has 1 atom stereocenters. The molecule has 0 saturated carbocycles. The van der Waals surface area contributed by atoms with Gasteiger partial charge in [-0.3, -0.25) is 9.59 Å². The van der Waals surface area contributed by atoms with Crippen molar-refractivity contribution in [3.63, 3.8) is 0 Å². The third-order valence-corrected chi connectivity index (χ3v) is 5.76. The lowest BCUT2D eigenvalue weighted by atomic mass is 10.1. The maximum Gasteiger partial charge on any atom is 0.254 e. The number of H-pyrrole nitrogens is 1. The Hall–Kier alpha value is -2.47. The molecule has 0 spiro atoms. The van der Waals surface area contributed by atoms with Gasteiger partial charge >= 0.3 is 0 Å². The third-order valence-electron chi connectivity index (χ3n) is 4.47. The molecule has 0 radical (unpaired) electrons. The molecule has 4 rings (SSSR count). The zero-order valence-corrected chi connectivity index (χ0v) is 14.4. The van der Waals surface area contributed by atoms with Crippen molar-refractivity contribution < 1.29 is 9.21 Å². The highest BCUT2D eigenvalue weighted by molar-refractivity contribution is 7.99. The van der Waals surface area contributed by atoms with E-state index in [1.807, 2.05) is 53.1 Å². The molecule has 5 nitrogen and oxygen atoms in total. The molecular formula is C19H18N2O3S. The van der Waals surface area contributed by atoms with Crippen molar-refractivity contribution in [1.82, 2.24) is 9.88 Å². The molecule has 1 fully saturated rings. The van der Waals surface area contributed by atoms with E-state index in [-0.39, 0.29) is 16.7 Å². The first-order valence-corrected chi connectivity index (χ1v) is 9.33. The molecule has 0 aliphatic carbocycles. The second-order valence-corrected chi connectivity index (χ2v) is 7.36. The molecule has 1 N–H and O–H groups in total. The minimum atomic E-state index is -0.250. The lowest BCUT2D eigenvalue weighted by Crippen LogP contribution is -2.33. The highest BCUT2D eigenvalue weighted by Gasteiger charge is 2.25. The fraction of sp³-hybridized carbons (Fsp3) is 0.263. The lowest BCUT2D eigenvalue weighted by molar-refractivity contribution is 0.0768. The van der Waals surface area contributed by atoms with E-state index in [0.29, 0.717) is 24.2 Å². The number of para-hydroxylation sites is 1. The van der Waals surface area contributed by atoms with Crippen LogP contribution in [0, 0.1) is 0 Å². The van der Waals surface area contributed by atoms with Crippen LogP contribution in [-0.2, 0) is 0 Å². The van der Waals surface area contributed by atoms with Crippen LogP contribution < -0.4 is 5.56 Å². The number of hydrogen-bond donors (Lipinski definition) is 1. The van der Waals surface area contributed by atoms with Crippen molar-refractivity contribution in [2.24, 2.45) is 0 Å². The third kappa shape index (κ3) is 3.22. The molecule has 1 aliphatic rings. The number of carbonyl (C=O) groups excluding carboxylic acids is 1. The molecule has 128 valence electrons. The summed E-state index contributed by atoms with van der Waals surface area (Å²) in [5, 5.41) is 1.05. The fourth-order valence-electron chi connectivity index (χ4n) is 3.23. The van der Waals surface area contributed by atoms with Crippen molar-refractivity contribution in [1.29, 1.82) is 0 Å². The van der Waals surface area contributed by atoms with Gasteiger partial charge in [-0.1, -0.05) is 18.2 Å². The number of aromatic nitrogens is 1. The van der Waals surface area contributed by atoms with E-state index in [0.717, 1.165) is 23.3 Å². The number of nitrogens with one attached hydrogen (secondary N) is 1. The minimum Gasteiger partial charge on any atom is -0.468 e. The van der Waals surface area contributed by atoms with E-state index in [9.17, 15) is 9.59 Å². The summed E-state index contributed by atoms with van der Waals surface area (Å²) in [7, 11) is 0. The first-order valence-electron chi connectivity index (χ1n) is 8.29. The van der Waals surface area contributed by atoms with Gasteiger partial charge in [0.1, 0.15) is 5.76 Å². The van der Waals surface area contributed by atoms with Crippen molar-refractivity contribution in [2.75, 3.05) is 18.8 Å². The van der Waals surface area contributed by atoms with Crippen LogP contribution in [-0.4, -0.2) is 34.6 Å². The van der Waals surface area contributed by atoms with Crippen LogP contribution in [0.2, 0.25) is 0 Å². The Morgan fingerprint density at radius 2 is 2.08 bits per heavy atom. The van der Waals surface area contributed by atoms with Crippen LogP contribution in [0.1, 0.15) is 27.8 Å². The van der Waals surface area contributed by atoms with Crippen LogP contribution in [0.4, 0.5) is 0 Å². The number of rotatable bonds is 2. The first kappa shape index (κ1) is 16.0. The smallest absolute Gasteiger partial charge is 0.254 e.